The number of hydrogen-bond acceptors (Lipinski definition) is 7. The van der Waals surface area contributed by atoms with E-state index in [0.717, 1.165) is 23.5 Å². The fourth-order valence-corrected chi connectivity index (χ4v) is 5.07. The number of rotatable bonds is 4. The number of benzene rings is 2. The summed E-state index contributed by atoms with van der Waals surface area (Å²) < 4.78 is 25.1. The number of amides is 1. The summed E-state index contributed by atoms with van der Waals surface area (Å²) in [6, 6.07) is 9.64. The van der Waals surface area contributed by atoms with Crippen LogP contribution in [-0.2, 0) is 0 Å². The summed E-state index contributed by atoms with van der Waals surface area (Å²) in [6.45, 7) is 3.11. The standard InChI is InChI=1S/C24H17FN2O5S/c1-11-22(12(2)28)33-24(26-11)27-19(13-5-4-6-15(9-13)31-3)18-20(29)16-10-14(25)7-8-17(16)32-21(18)23(27)30/h4-10,19H,1-3H3. The number of fused-ring (bicyclic) bond motifs is 2. The van der Waals surface area contributed by atoms with Crippen molar-refractivity contribution in [3.8, 4) is 5.75 Å². The Morgan fingerprint density at radius 3 is 2.70 bits per heavy atom. The molecule has 0 saturated carbocycles. The lowest BCUT2D eigenvalue weighted by atomic mass is 9.98. The van der Waals surface area contributed by atoms with Crippen LogP contribution in [0.15, 0.2) is 51.7 Å². The Morgan fingerprint density at radius 1 is 1.21 bits per heavy atom. The van der Waals surface area contributed by atoms with Crippen LogP contribution in [0.1, 0.15) is 50.0 Å². The second-order valence-corrected chi connectivity index (χ2v) is 8.61. The average molecular weight is 464 g/mol. The summed E-state index contributed by atoms with van der Waals surface area (Å²) >= 11 is 1.07. The number of methoxy groups -OCH3 is 1. The third-order valence-electron chi connectivity index (χ3n) is 5.55. The lowest BCUT2D eigenvalue weighted by Crippen LogP contribution is -2.29. The van der Waals surface area contributed by atoms with Crippen molar-refractivity contribution < 1.29 is 23.1 Å². The number of thiazole rings is 1. The Labute approximate surface area is 191 Å². The second kappa shape index (κ2) is 7.63. The lowest BCUT2D eigenvalue weighted by Gasteiger charge is -2.22. The minimum Gasteiger partial charge on any atom is -0.497 e. The van der Waals surface area contributed by atoms with Crippen LogP contribution >= 0.6 is 11.3 Å². The Kier molecular flexibility index (Phi) is 4.86. The van der Waals surface area contributed by atoms with Crippen LogP contribution in [0.3, 0.4) is 0 Å². The number of aryl methyl sites for hydroxylation is 1. The molecule has 0 fully saturated rings. The molecule has 1 amide bonds. The lowest BCUT2D eigenvalue weighted by molar-refractivity contribution is 0.0969. The maximum Gasteiger partial charge on any atom is 0.297 e. The molecule has 1 aliphatic heterocycles. The van der Waals surface area contributed by atoms with E-state index in [2.05, 4.69) is 4.98 Å². The summed E-state index contributed by atoms with van der Waals surface area (Å²) in [5, 5.41) is 0.299. The molecule has 33 heavy (non-hydrogen) atoms. The highest BCUT2D eigenvalue weighted by molar-refractivity contribution is 7.17. The van der Waals surface area contributed by atoms with Crippen LogP contribution in [0.25, 0.3) is 11.0 Å². The fourth-order valence-electron chi connectivity index (χ4n) is 4.08. The zero-order valence-corrected chi connectivity index (χ0v) is 18.7. The molecule has 4 aromatic rings. The van der Waals surface area contributed by atoms with Crippen molar-refractivity contribution in [1.82, 2.24) is 4.98 Å². The molecule has 166 valence electrons. The molecule has 0 radical (unpaired) electrons. The normalized spacial score (nSPS) is 15.2. The predicted octanol–water partition coefficient (Wildman–Crippen LogP) is 4.66. The molecule has 0 saturated heterocycles. The highest BCUT2D eigenvalue weighted by Crippen LogP contribution is 2.43. The minimum absolute atomic E-state index is 0.0380. The molecular formula is C24H17FN2O5S. The molecule has 1 aliphatic rings. The fraction of sp³-hybridized carbons (Fsp3) is 0.167. The second-order valence-electron chi connectivity index (χ2n) is 7.64. The number of carbonyl (C=O) groups is 2. The zero-order valence-electron chi connectivity index (χ0n) is 17.8. The van der Waals surface area contributed by atoms with Crippen LogP contribution in [0.2, 0.25) is 0 Å². The summed E-state index contributed by atoms with van der Waals surface area (Å²) in [4.78, 5) is 45.3. The summed E-state index contributed by atoms with van der Waals surface area (Å²) in [6.07, 6.45) is 0. The van der Waals surface area contributed by atoms with E-state index in [1.54, 1.807) is 31.2 Å². The number of aromatic nitrogens is 1. The maximum atomic E-state index is 13.9. The molecule has 3 heterocycles. The van der Waals surface area contributed by atoms with Gasteiger partial charge in [0.05, 0.1) is 34.7 Å². The molecule has 2 aromatic carbocycles. The first-order valence-corrected chi connectivity index (χ1v) is 10.8. The van der Waals surface area contributed by atoms with Gasteiger partial charge in [0.2, 0.25) is 5.76 Å². The van der Waals surface area contributed by atoms with Crippen LogP contribution < -0.4 is 15.1 Å². The molecule has 0 aliphatic carbocycles. The maximum absolute atomic E-state index is 13.9. The molecule has 9 heteroatoms. The van der Waals surface area contributed by atoms with Crippen molar-refractivity contribution in [2.75, 3.05) is 12.0 Å². The first kappa shape index (κ1) is 21.0. The number of hydrogen-bond donors (Lipinski definition) is 0. The number of carbonyl (C=O) groups excluding carboxylic acids is 2. The zero-order chi connectivity index (χ0) is 23.4. The van der Waals surface area contributed by atoms with Gasteiger partial charge < -0.3 is 9.15 Å². The predicted molar refractivity (Wildman–Crippen MR) is 121 cm³/mol. The molecule has 0 N–H and O–H groups in total. The van der Waals surface area contributed by atoms with Gasteiger partial charge in [-0.1, -0.05) is 23.5 Å². The van der Waals surface area contributed by atoms with Gasteiger partial charge in [0.1, 0.15) is 17.1 Å². The van der Waals surface area contributed by atoms with Crippen molar-refractivity contribution in [3.63, 3.8) is 0 Å². The molecule has 0 bridgehead atoms. The summed E-state index contributed by atoms with van der Waals surface area (Å²) in [7, 11) is 1.51. The van der Waals surface area contributed by atoms with Gasteiger partial charge in [0.15, 0.2) is 16.3 Å². The first-order valence-electron chi connectivity index (χ1n) is 10.0. The van der Waals surface area contributed by atoms with Gasteiger partial charge in [0, 0.05) is 6.92 Å². The van der Waals surface area contributed by atoms with E-state index in [1.807, 2.05) is 0 Å². The van der Waals surface area contributed by atoms with Gasteiger partial charge in [-0.25, -0.2) is 9.37 Å². The average Bonchev–Trinajstić information content (AvgIpc) is 3.32. The Balaban J connectivity index is 1.81. The van der Waals surface area contributed by atoms with Crippen molar-refractivity contribution in [2.24, 2.45) is 0 Å². The van der Waals surface area contributed by atoms with E-state index in [-0.39, 0.29) is 33.2 Å². The Hall–Kier alpha value is -3.85. The van der Waals surface area contributed by atoms with E-state index in [1.165, 1.54) is 25.0 Å². The van der Waals surface area contributed by atoms with Crippen LogP contribution in [0, 0.1) is 12.7 Å². The Bertz CT molecular complexity index is 1520. The van der Waals surface area contributed by atoms with Crippen molar-refractivity contribution >= 4 is 39.1 Å². The first-order chi connectivity index (χ1) is 15.8. The van der Waals surface area contributed by atoms with Gasteiger partial charge in [-0.05, 0) is 42.8 Å². The van der Waals surface area contributed by atoms with Crippen molar-refractivity contribution in [1.29, 1.82) is 0 Å². The van der Waals surface area contributed by atoms with Crippen LogP contribution in [0.5, 0.6) is 5.75 Å². The highest BCUT2D eigenvalue weighted by Gasteiger charge is 2.45. The minimum atomic E-state index is -0.892. The van der Waals surface area contributed by atoms with Gasteiger partial charge in [0.25, 0.3) is 5.91 Å². The van der Waals surface area contributed by atoms with Gasteiger partial charge >= 0.3 is 0 Å². The molecule has 1 unspecified atom stereocenters. The number of ketones is 1. The van der Waals surface area contributed by atoms with E-state index in [0.29, 0.717) is 21.9 Å². The largest absolute Gasteiger partial charge is 0.497 e. The number of nitrogens with zero attached hydrogens (tertiary/aromatic N) is 2. The van der Waals surface area contributed by atoms with E-state index < -0.39 is 23.2 Å². The molecule has 0 spiro atoms. The van der Waals surface area contributed by atoms with Crippen molar-refractivity contribution in [2.45, 2.75) is 19.9 Å². The SMILES string of the molecule is COc1cccc(C2c3c(oc4ccc(F)cc4c3=O)C(=O)N2c2nc(C)c(C(C)=O)s2)c1. The van der Waals surface area contributed by atoms with Gasteiger partial charge in [-0.15, -0.1) is 0 Å². The molecular weight excluding hydrogens is 447 g/mol. The quantitative estimate of drug-likeness (QED) is 0.408. The third-order valence-corrected chi connectivity index (χ3v) is 6.81. The molecule has 2 aromatic heterocycles. The number of ether oxygens (including phenoxy) is 1. The topological polar surface area (TPSA) is 89.7 Å². The van der Waals surface area contributed by atoms with Crippen LogP contribution in [0.4, 0.5) is 9.52 Å². The van der Waals surface area contributed by atoms with Gasteiger partial charge in [-0.2, -0.15) is 0 Å². The summed E-state index contributed by atoms with van der Waals surface area (Å²) in [5.74, 6) is -0.928. The molecule has 7 nitrogen and oxygen atoms in total. The molecule has 5 rings (SSSR count). The van der Waals surface area contributed by atoms with Crippen molar-refractivity contribution in [3.05, 3.63) is 86.0 Å². The Morgan fingerprint density at radius 2 is 2.00 bits per heavy atom. The third kappa shape index (κ3) is 3.23. The smallest absolute Gasteiger partial charge is 0.297 e. The number of anilines is 1. The molecule has 1 atom stereocenters. The summed E-state index contributed by atoms with van der Waals surface area (Å²) in [5.41, 5.74) is 0.765. The number of halogens is 1. The highest BCUT2D eigenvalue weighted by atomic mass is 32.1. The van der Waals surface area contributed by atoms with E-state index in [4.69, 9.17) is 9.15 Å². The van der Waals surface area contributed by atoms with Crippen LogP contribution in [-0.4, -0.2) is 23.8 Å². The van der Waals surface area contributed by atoms with Gasteiger partial charge in [-0.3, -0.25) is 19.3 Å². The number of Topliss-reactive ketones (excluding diaryl/α,β-unsaturated/α-hetero) is 1. The van der Waals surface area contributed by atoms with E-state index >= 15 is 0 Å². The van der Waals surface area contributed by atoms with E-state index in [9.17, 15) is 18.8 Å². The monoisotopic (exact) mass is 464 g/mol.